The Bertz CT molecular complexity index is 814. The summed E-state index contributed by atoms with van der Waals surface area (Å²) in [6, 6.07) is 5.88. The van der Waals surface area contributed by atoms with Crippen molar-refractivity contribution in [3.05, 3.63) is 23.9 Å². The number of benzene rings is 1. The second-order valence-electron chi connectivity index (χ2n) is 6.81. The van der Waals surface area contributed by atoms with E-state index < -0.39 is 5.97 Å². The fourth-order valence-electron chi connectivity index (χ4n) is 3.59. The maximum atomic E-state index is 12.7. The molecule has 2 heterocycles. The molecule has 26 heavy (non-hydrogen) atoms. The number of methoxy groups -OCH3 is 2. The lowest BCUT2D eigenvalue weighted by Crippen LogP contribution is -3.17. The van der Waals surface area contributed by atoms with Gasteiger partial charge in [0.05, 0.1) is 32.5 Å². The van der Waals surface area contributed by atoms with Crippen LogP contribution in [0.4, 0.5) is 5.69 Å². The molecule has 2 aromatic rings. The van der Waals surface area contributed by atoms with Gasteiger partial charge in [-0.25, -0.2) is 4.79 Å². The van der Waals surface area contributed by atoms with Crippen molar-refractivity contribution in [1.29, 1.82) is 0 Å². The van der Waals surface area contributed by atoms with Gasteiger partial charge in [-0.1, -0.05) is 0 Å². The average molecular weight is 360 g/mol. The van der Waals surface area contributed by atoms with E-state index in [0.717, 1.165) is 30.3 Å². The molecule has 0 radical (unpaired) electrons. The molecule has 7 nitrogen and oxygen atoms in total. The van der Waals surface area contributed by atoms with E-state index in [1.807, 2.05) is 6.07 Å². The summed E-state index contributed by atoms with van der Waals surface area (Å²) in [5, 5.41) is 3.64. The highest BCUT2D eigenvalue weighted by Crippen LogP contribution is 2.31. The number of rotatable bonds is 5. The molecule has 1 aromatic heterocycles. The maximum Gasteiger partial charge on any atom is 0.356 e. The van der Waals surface area contributed by atoms with Crippen molar-refractivity contribution >= 4 is 28.5 Å². The van der Waals surface area contributed by atoms with Crippen molar-refractivity contribution in [2.45, 2.75) is 32.2 Å². The molecule has 0 aliphatic carbocycles. The van der Waals surface area contributed by atoms with Gasteiger partial charge >= 0.3 is 5.97 Å². The number of carbonyl (C=O) groups excluding carboxylic acids is 2. The second kappa shape index (κ2) is 7.78. The molecule has 1 fully saturated rings. The first kappa shape index (κ1) is 18.3. The van der Waals surface area contributed by atoms with Crippen LogP contribution in [-0.2, 0) is 9.53 Å². The summed E-state index contributed by atoms with van der Waals surface area (Å²) in [7, 11) is 2.90. The first-order valence-electron chi connectivity index (χ1n) is 8.96. The van der Waals surface area contributed by atoms with E-state index >= 15 is 0 Å². The fourth-order valence-corrected chi connectivity index (χ4v) is 3.59. The van der Waals surface area contributed by atoms with Crippen LogP contribution in [0.3, 0.4) is 0 Å². The SMILES string of the molecule is COC(=O)c1[nH]c2ccc(OC)cc2c1NC(=O)C[NH+]1CCCC[C@H]1C. The smallest absolute Gasteiger partial charge is 0.356 e. The molecule has 1 aromatic carbocycles. The van der Waals surface area contributed by atoms with Crippen LogP contribution in [0, 0.1) is 0 Å². The molecule has 2 atom stereocenters. The number of hydrogen-bond acceptors (Lipinski definition) is 4. The number of esters is 1. The van der Waals surface area contributed by atoms with Gasteiger partial charge in [0.15, 0.2) is 6.54 Å². The molecule has 0 spiro atoms. The fraction of sp³-hybridized carbons (Fsp3) is 0.474. The van der Waals surface area contributed by atoms with E-state index in [2.05, 4.69) is 17.2 Å². The number of piperidine rings is 1. The second-order valence-corrected chi connectivity index (χ2v) is 6.81. The highest BCUT2D eigenvalue weighted by Gasteiger charge is 2.26. The van der Waals surface area contributed by atoms with Crippen molar-refractivity contribution < 1.29 is 24.0 Å². The summed E-state index contributed by atoms with van der Waals surface area (Å²) in [6.45, 7) is 3.57. The maximum absolute atomic E-state index is 12.7. The molecule has 1 saturated heterocycles. The zero-order valence-corrected chi connectivity index (χ0v) is 15.5. The Kier molecular flexibility index (Phi) is 5.46. The highest BCUT2D eigenvalue weighted by molar-refractivity contribution is 6.11. The molecule has 140 valence electrons. The predicted octanol–water partition coefficient (Wildman–Crippen LogP) is 1.36. The largest absolute Gasteiger partial charge is 0.497 e. The van der Waals surface area contributed by atoms with Crippen LogP contribution in [0.15, 0.2) is 18.2 Å². The van der Waals surface area contributed by atoms with E-state index in [1.54, 1.807) is 19.2 Å². The number of carbonyl (C=O) groups is 2. The number of likely N-dealkylation sites (tertiary alicyclic amines) is 1. The molecule has 1 amide bonds. The lowest BCUT2D eigenvalue weighted by atomic mass is 10.0. The summed E-state index contributed by atoms with van der Waals surface area (Å²) >= 11 is 0. The topological polar surface area (TPSA) is 84.9 Å². The number of aromatic amines is 1. The third-order valence-corrected chi connectivity index (χ3v) is 5.13. The Labute approximate surface area is 152 Å². The molecule has 1 unspecified atom stereocenters. The Balaban J connectivity index is 1.88. The van der Waals surface area contributed by atoms with Gasteiger partial charge in [-0.2, -0.15) is 0 Å². The Morgan fingerprint density at radius 1 is 1.31 bits per heavy atom. The van der Waals surface area contributed by atoms with Crippen LogP contribution in [0.25, 0.3) is 10.9 Å². The standard InChI is InChI=1S/C19H25N3O4/c1-12-6-4-5-9-22(12)11-16(23)21-17-14-10-13(25-2)7-8-15(14)20-18(17)19(24)26-3/h7-8,10,12,20H,4-6,9,11H2,1-3H3,(H,21,23)/p+1/t12-/m1/s1. The Morgan fingerprint density at radius 3 is 2.81 bits per heavy atom. The number of fused-ring (bicyclic) bond motifs is 1. The average Bonchev–Trinajstić information content (AvgIpc) is 3.00. The molecule has 3 rings (SSSR count). The van der Waals surface area contributed by atoms with Crippen molar-refractivity contribution in [2.75, 3.05) is 32.6 Å². The van der Waals surface area contributed by atoms with E-state index in [4.69, 9.17) is 9.47 Å². The van der Waals surface area contributed by atoms with Crippen LogP contribution in [-0.4, -0.2) is 50.2 Å². The van der Waals surface area contributed by atoms with E-state index in [9.17, 15) is 9.59 Å². The normalized spacial score (nSPS) is 20.0. The third kappa shape index (κ3) is 3.67. The summed E-state index contributed by atoms with van der Waals surface area (Å²) < 4.78 is 10.1. The van der Waals surface area contributed by atoms with Crippen LogP contribution < -0.4 is 15.0 Å². The summed E-state index contributed by atoms with van der Waals surface area (Å²) in [6.07, 6.45) is 3.51. The number of anilines is 1. The monoisotopic (exact) mass is 360 g/mol. The summed E-state index contributed by atoms with van der Waals surface area (Å²) in [4.78, 5) is 29.1. The minimum absolute atomic E-state index is 0.109. The zero-order valence-electron chi connectivity index (χ0n) is 15.5. The molecule has 0 saturated carbocycles. The lowest BCUT2D eigenvalue weighted by molar-refractivity contribution is -0.920. The van der Waals surface area contributed by atoms with Gasteiger partial charge in [0, 0.05) is 10.9 Å². The molecule has 1 aliphatic heterocycles. The number of aromatic nitrogens is 1. The molecular formula is C19H26N3O4+. The van der Waals surface area contributed by atoms with Gasteiger partial charge in [-0.05, 0) is 44.4 Å². The van der Waals surface area contributed by atoms with Crippen molar-refractivity contribution in [3.63, 3.8) is 0 Å². The number of ether oxygens (including phenoxy) is 2. The third-order valence-electron chi connectivity index (χ3n) is 5.13. The summed E-state index contributed by atoms with van der Waals surface area (Å²) in [5.74, 6) is 0.0236. The van der Waals surface area contributed by atoms with Gasteiger partial charge in [-0.15, -0.1) is 0 Å². The van der Waals surface area contributed by atoms with Crippen molar-refractivity contribution in [2.24, 2.45) is 0 Å². The quantitative estimate of drug-likeness (QED) is 0.703. The minimum Gasteiger partial charge on any atom is -0.497 e. The molecule has 3 N–H and O–H groups in total. The highest BCUT2D eigenvalue weighted by atomic mass is 16.5. The minimum atomic E-state index is -0.519. The number of H-pyrrole nitrogens is 1. The van der Waals surface area contributed by atoms with Gasteiger partial charge in [0.1, 0.15) is 11.4 Å². The number of hydrogen-bond donors (Lipinski definition) is 3. The zero-order chi connectivity index (χ0) is 18.7. The van der Waals surface area contributed by atoms with Crippen molar-refractivity contribution in [1.82, 2.24) is 4.98 Å². The molecular weight excluding hydrogens is 334 g/mol. The number of nitrogens with one attached hydrogen (secondary N) is 3. The molecule has 1 aliphatic rings. The molecule has 0 bridgehead atoms. The first-order chi connectivity index (χ1) is 12.5. The van der Waals surface area contributed by atoms with Crippen LogP contribution in [0.5, 0.6) is 5.75 Å². The number of quaternary nitrogens is 1. The van der Waals surface area contributed by atoms with E-state index in [-0.39, 0.29) is 11.6 Å². The lowest BCUT2D eigenvalue weighted by Gasteiger charge is -2.29. The first-order valence-corrected chi connectivity index (χ1v) is 8.96. The van der Waals surface area contributed by atoms with Gasteiger partial charge < -0.3 is 24.7 Å². The van der Waals surface area contributed by atoms with E-state index in [0.29, 0.717) is 24.0 Å². The number of amides is 1. The van der Waals surface area contributed by atoms with Gasteiger partial charge in [0.25, 0.3) is 5.91 Å². The van der Waals surface area contributed by atoms with Crippen LogP contribution in [0.2, 0.25) is 0 Å². The summed E-state index contributed by atoms with van der Waals surface area (Å²) in [5.41, 5.74) is 1.42. The van der Waals surface area contributed by atoms with Gasteiger partial charge in [0.2, 0.25) is 0 Å². The van der Waals surface area contributed by atoms with Crippen LogP contribution >= 0.6 is 0 Å². The van der Waals surface area contributed by atoms with Crippen LogP contribution in [0.1, 0.15) is 36.7 Å². The Morgan fingerprint density at radius 2 is 2.12 bits per heavy atom. The van der Waals surface area contributed by atoms with Crippen molar-refractivity contribution in [3.8, 4) is 5.75 Å². The molecule has 7 heteroatoms. The van der Waals surface area contributed by atoms with Gasteiger partial charge in [-0.3, -0.25) is 4.79 Å². The predicted molar refractivity (Wildman–Crippen MR) is 98.8 cm³/mol. The Hall–Kier alpha value is -2.54. The van der Waals surface area contributed by atoms with E-state index in [1.165, 1.54) is 18.4 Å².